The van der Waals surface area contributed by atoms with Crippen LogP contribution in [0.4, 0.5) is 0 Å². The molecule has 194 valence electrons. The highest BCUT2D eigenvalue weighted by Gasteiger charge is 2.29. The highest BCUT2D eigenvalue weighted by Crippen LogP contribution is 2.06. The first-order valence-corrected chi connectivity index (χ1v) is 11.4. The van der Waals surface area contributed by atoms with Crippen molar-refractivity contribution in [3.8, 4) is 0 Å². The first-order chi connectivity index (χ1) is 16.6. The highest BCUT2D eigenvalue weighted by molar-refractivity contribution is 7.80. The number of nitrogens with one attached hydrogen (secondary N) is 3. The summed E-state index contributed by atoms with van der Waals surface area (Å²) in [4.78, 5) is 52.9. The number of hydrogen-bond acceptors (Lipinski definition) is 8. The molecule has 0 fully saturated rings. The van der Waals surface area contributed by atoms with Crippen molar-refractivity contribution in [1.29, 1.82) is 0 Å². The molecule has 1 aromatic rings. The van der Waals surface area contributed by atoms with Crippen molar-refractivity contribution in [3.05, 3.63) is 35.9 Å². The van der Waals surface area contributed by atoms with Gasteiger partial charge in [0.2, 0.25) is 17.7 Å². The van der Waals surface area contributed by atoms with Crippen LogP contribution < -0.4 is 33.2 Å². The number of aliphatic carboxylic acids is 1. The molecule has 35 heavy (non-hydrogen) atoms. The maximum atomic E-state index is 13.0. The minimum absolute atomic E-state index is 0.0703. The third-order valence-electron chi connectivity index (χ3n) is 4.83. The van der Waals surface area contributed by atoms with Crippen LogP contribution >= 0.6 is 12.6 Å². The minimum Gasteiger partial charge on any atom is -0.480 e. The highest BCUT2D eigenvalue weighted by atomic mass is 32.1. The number of carboxylic acid groups (broad SMARTS) is 1. The van der Waals surface area contributed by atoms with Gasteiger partial charge in [0.05, 0.1) is 12.6 Å². The molecule has 0 saturated carbocycles. The van der Waals surface area contributed by atoms with E-state index in [1.54, 1.807) is 30.3 Å². The van der Waals surface area contributed by atoms with E-state index in [0.29, 0.717) is 13.0 Å². The van der Waals surface area contributed by atoms with Crippen LogP contribution in [0.15, 0.2) is 35.3 Å². The van der Waals surface area contributed by atoms with E-state index in [2.05, 4.69) is 33.6 Å². The number of guanidine groups is 1. The Morgan fingerprint density at radius 3 is 2.06 bits per heavy atom. The zero-order valence-corrected chi connectivity index (χ0v) is 20.0. The van der Waals surface area contributed by atoms with Crippen molar-refractivity contribution in [2.24, 2.45) is 22.2 Å². The van der Waals surface area contributed by atoms with Crippen molar-refractivity contribution >= 4 is 42.3 Å². The predicted molar refractivity (Wildman–Crippen MR) is 132 cm³/mol. The number of nitrogens with zero attached hydrogens (tertiary/aromatic N) is 1. The Morgan fingerprint density at radius 1 is 0.943 bits per heavy atom. The second kappa shape index (κ2) is 15.5. The maximum Gasteiger partial charge on any atom is 0.328 e. The third kappa shape index (κ3) is 11.1. The quantitative estimate of drug-likeness (QED) is 0.0506. The average molecular weight is 512 g/mol. The summed E-state index contributed by atoms with van der Waals surface area (Å²) in [5.41, 5.74) is 17.2. The summed E-state index contributed by atoms with van der Waals surface area (Å²) in [6.45, 7) is -0.538. The van der Waals surface area contributed by atoms with Crippen LogP contribution in [0.5, 0.6) is 0 Å². The Morgan fingerprint density at radius 2 is 1.51 bits per heavy atom. The van der Waals surface area contributed by atoms with Gasteiger partial charge in [-0.3, -0.25) is 19.4 Å². The van der Waals surface area contributed by atoms with E-state index in [9.17, 15) is 19.2 Å². The van der Waals surface area contributed by atoms with E-state index in [-0.39, 0.29) is 24.6 Å². The van der Waals surface area contributed by atoms with Gasteiger partial charge in [-0.15, -0.1) is 0 Å². The lowest BCUT2D eigenvalue weighted by molar-refractivity contribution is -0.143. The number of hydrogen-bond donors (Lipinski definition) is 9. The Hall–Kier alpha value is -3.36. The fraction of sp³-hybridized carbons (Fsp3) is 0.476. The van der Waals surface area contributed by atoms with E-state index < -0.39 is 54.5 Å². The molecule has 0 aliphatic heterocycles. The second-order valence-electron chi connectivity index (χ2n) is 7.63. The number of carbonyl (C=O) groups excluding carboxylic acids is 3. The van der Waals surface area contributed by atoms with Gasteiger partial charge in [-0.1, -0.05) is 30.3 Å². The molecular weight excluding hydrogens is 478 g/mol. The van der Waals surface area contributed by atoms with Gasteiger partial charge in [0, 0.05) is 18.7 Å². The number of rotatable bonds is 15. The molecule has 0 aliphatic carbocycles. The van der Waals surface area contributed by atoms with E-state index in [1.165, 1.54) is 0 Å². The molecule has 0 heterocycles. The number of amides is 3. The van der Waals surface area contributed by atoms with Crippen molar-refractivity contribution < 1.29 is 29.4 Å². The number of aliphatic hydroxyl groups is 1. The topological polar surface area (TPSA) is 235 Å². The fourth-order valence-corrected chi connectivity index (χ4v) is 3.17. The predicted octanol–water partition coefficient (Wildman–Crippen LogP) is -2.93. The number of carbonyl (C=O) groups is 4. The van der Waals surface area contributed by atoms with Crippen LogP contribution in [0.1, 0.15) is 18.4 Å². The lowest BCUT2D eigenvalue weighted by Gasteiger charge is -2.24. The van der Waals surface area contributed by atoms with Crippen LogP contribution in [0.25, 0.3) is 0 Å². The standard InChI is InChI=1S/C21H33N7O6S/c22-13(7-4-8-25-21(23)24)17(30)26-14(9-12-5-2-1-3-6-12)18(31)28-16(11-35)19(32)27-15(10-29)20(33)34/h1-3,5-6,13-16,29,35H,4,7-11,22H2,(H,26,30)(H,27,32)(H,28,31)(H,33,34)(H4,23,24,25). The summed E-state index contributed by atoms with van der Waals surface area (Å²) in [7, 11) is 0. The normalized spacial score (nSPS) is 14.0. The molecule has 4 atom stereocenters. The zero-order valence-electron chi connectivity index (χ0n) is 19.1. The lowest BCUT2D eigenvalue weighted by Crippen LogP contribution is -2.58. The maximum absolute atomic E-state index is 13.0. The van der Waals surface area contributed by atoms with Gasteiger partial charge in [0.25, 0.3) is 0 Å². The smallest absolute Gasteiger partial charge is 0.328 e. The molecule has 1 rings (SSSR count). The van der Waals surface area contributed by atoms with Gasteiger partial charge < -0.3 is 43.4 Å². The summed E-state index contributed by atoms with van der Waals surface area (Å²) in [6.07, 6.45) is 0.815. The molecule has 1 aromatic carbocycles. The lowest BCUT2D eigenvalue weighted by atomic mass is 10.0. The summed E-state index contributed by atoms with van der Waals surface area (Å²) in [5, 5.41) is 25.3. The molecule has 3 amide bonds. The molecule has 13 nitrogen and oxygen atoms in total. The molecule has 0 aliphatic rings. The average Bonchev–Trinajstić information content (AvgIpc) is 2.82. The van der Waals surface area contributed by atoms with Crippen LogP contribution in [-0.4, -0.2) is 82.9 Å². The van der Waals surface area contributed by atoms with Gasteiger partial charge in [0.15, 0.2) is 5.96 Å². The van der Waals surface area contributed by atoms with E-state index in [0.717, 1.165) is 5.56 Å². The third-order valence-corrected chi connectivity index (χ3v) is 5.20. The molecular formula is C21H33N7O6S. The van der Waals surface area contributed by atoms with Gasteiger partial charge >= 0.3 is 5.97 Å². The number of carboxylic acids is 1. The van der Waals surface area contributed by atoms with Crippen LogP contribution in [0, 0.1) is 0 Å². The van der Waals surface area contributed by atoms with E-state index in [4.69, 9.17) is 27.4 Å². The van der Waals surface area contributed by atoms with Crippen molar-refractivity contribution in [2.75, 3.05) is 18.9 Å². The van der Waals surface area contributed by atoms with Crippen molar-refractivity contribution in [2.45, 2.75) is 43.4 Å². The first kappa shape index (κ1) is 29.7. The monoisotopic (exact) mass is 511 g/mol. The largest absolute Gasteiger partial charge is 0.480 e. The molecule has 0 aromatic heterocycles. The molecule has 4 unspecified atom stereocenters. The van der Waals surface area contributed by atoms with Gasteiger partial charge in [-0.25, -0.2) is 4.79 Å². The SMILES string of the molecule is NC(N)=NCCCC(N)C(=O)NC(Cc1ccccc1)C(=O)NC(CS)C(=O)NC(CO)C(=O)O. The Kier molecular flexibility index (Phi) is 13.2. The Balaban J connectivity index is 2.90. The first-order valence-electron chi connectivity index (χ1n) is 10.8. The molecule has 14 heteroatoms. The number of aliphatic hydroxyl groups excluding tert-OH is 1. The summed E-state index contributed by atoms with van der Waals surface area (Å²) in [5.74, 6) is -3.79. The Labute approximate surface area is 208 Å². The van der Waals surface area contributed by atoms with Crippen molar-refractivity contribution in [3.63, 3.8) is 0 Å². The zero-order chi connectivity index (χ0) is 26.4. The fourth-order valence-electron chi connectivity index (χ4n) is 2.91. The van der Waals surface area contributed by atoms with E-state index >= 15 is 0 Å². The van der Waals surface area contributed by atoms with Gasteiger partial charge in [0.1, 0.15) is 18.1 Å². The summed E-state index contributed by atoms with van der Waals surface area (Å²) < 4.78 is 0. The van der Waals surface area contributed by atoms with Crippen LogP contribution in [0.2, 0.25) is 0 Å². The number of benzene rings is 1. The minimum atomic E-state index is -1.54. The Bertz CT molecular complexity index is 882. The summed E-state index contributed by atoms with van der Waals surface area (Å²) in [6, 6.07) is 4.09. The van der Waals surface area contributed by atoms with Crippen molar-refractivity contribution in [1.82, 2.24) is 16.0 Å². The van der Waals surface area contributed by atoms with Crippen LogP contribution in [0.3, 0.4) is 0 Å². The summed E-state index contributed by atoms with van der Waals surface area (Å²) >= 11 is 4.04. The molecule has 0 spiro atoms. The molecule has 0 radical (unpaired) electrons. The molecule has 0 saturated heterocycles. The molecule has 11 N–H and O–H groups in total. The van der Waals surface area contributed by atoms with Crippen LogP contribution in [-0.2, 0) is 25.6 Å². The van der Waals surface area contributed by atoms with Gasteiger partial charge in [-0.05, 0) is 18.4 Å². The number of aliphatic imine (C=N–C) groups is 1. The number of nitrogens with two attached hydrogens (primary N) is 3. The van der Waals surface area contributed by atoms with E-state index in [1.807, 2.05) is 0 Å². The van der Waals surface area contributed by atoms with Gasteiger partial charge in [-0.2, -0.15) is 12.6 Å². The number of thiol groups is 1. The molecule has 0 bridgehead atoms. The second-order valence-corrected chi connectivity index (χ2v) is 8.00.